The van der Waals surface area contributed by atoms with Crippen molar-refractivity contribution in [1.82, 2.24) is 0 Å². The molecule has 1 amide bonds. The van der Waals surface area contributed by atoms with Crippen molar-refractivity contribution in [1.29, 1.82) is 0 Å². The van der Waals surface area contributed by atoms with Crippen LogP contribution in [0.4, 0.5) is 0 Å². The predicted octanol–water partition coefficient (Wildman–Crippen LogP) is 4.61. The van der Waals surface area contributed by atoms with Crippen molar-refractivity contribution in [3.05, 3.63) is 70.3 Å². The lowest BCUT2D eigenvalue weighted by Crippen LogP contribution is -2.42. The van der Waals surface area contributed by atoms with E-state index in [1.807, 2.05) is 24.3 Å². The van der Waals surface area contributed by atoms with E-state index in [9.17, 15) is 14.7 Å². The van der Waals surface area contributed by atoms with Gasteiger partial charge in [0, 0.05) is 11.0 Å². The predicted molar refractivity (Wildman–Crippen MR) is 116 cm³/mol. The Morgan fingerprint density at radius 1 is 1.20 bits per heavy atom. The minimum atomic E-state index is -0.455. The lowest BCUT2D eigenvalue weighted by molar-refractivity contribution is -0.127. The molecule has 0 radical (unpaired) electrons. The molecule has 0 heterocycles. The molecule has 0 unspecified atom stereocenters. The zero-order valence-electron chi connectivity index (χ0n) is 17.2. The molecule has 0 saturated heterocycles. The molecule has 30 heavy (non-hydrogen) atoms. The number of benzene rings is 2. The number of phenolic OH excluding ortho intramolecular Hbond substituents is 1. The summed E-state index contributed by atoms with van der Waals surface area (Å²) < 4.78 is 0. The number of carbonyl (C=O) groups is 2. The van der Waals surface area contributed by atoms with Crippen LogP contribution in [0.3, 0.4) is 0 Å². The molecule has 5 rings (SSSR count). The maximum Gasteiger partial charge on any atom is 0.248 e. The summed E-state index contributed by atoms with van der Waals surface area (Å²) in [6, 6.07) is 13.0. The first kappa shape index (κ1) is 19.1. The molecule has 3 N–H and O–H groups in total. The largest absolute Gasteiger partial charge is 0.508 e. The monoisotopic (exact) mass is 401 g/mol. The highest BCUT2D eigenvalue weighted by Crippen LogP contribution is 2.60. The number of primary amides is 1. The van der Waals surface area contributed by atoms with Crippen molar-refractivity contribution in [2.45, 2.75) is 44.9 Å². The number of aryl methyl sites for hydroxylation is 1. The highest BCUT2D eigenvalue weighted by atomic mass is 16.3. The number of amides is 1. The zero-order valence-corrected chi connectivity index (χ0v) is 17.2. The number of phenols is 1. The van der Waals surface area contributed by atoms with E-state index >= 15 is 0 Å². The summed E-state index contributed by atoms with van der Waals surface area (Å²) in [4.78, 5) is 25.0. The second-order valence-electron chi connectivity index (χ2n) is 9.45. The number of ketones is 1. The number of Topliss-reactive ketones (excluding diaryl/α,β-unsaturated/α-hetero) is 1. The number of rotatable bonds is 2. The number of hydrogen-bond donors (Lipinski definition) is 2. The Bertz CT molecular complexity index is 1090. The van der Waals surface area contributed by atoms with Crippen molar-refractivity contribution in [3.8, 4) is 5.75 Å². The van der Waals surface area contributed by atoms with Crippen LogP contribution >= 0.6 is 0 Å². The molecule has 3 aliphatic carbocycles. The average Bonchev–Trinajstić information content (AvgIpc) is 2.98. The van der Waals surface area contributed by atoms with Crippen molar-refractivity contribution in [2.75, 3.05) is 0 Å². The Morgan fingerprint density at radius 3 is 2.83 bits per heavy atom. The average molecular weight is 402 g/mol. The van der Waals surface area contributed by atoms with Gasteiger partial charge in [-0.3, -0.25) is 9.59 Å². The normalized spacial score (nSPS) is 31.2. The van der Waals surface area contributed by atoms with E-state index in [1.54, 1.807) is 18.2 Å². The second kappa shape index (κ2) is 6.83. The van der Waals surface area contributed by atoms with Gasteiger partial charge >= 0.3 is 0 Å². The molecular formula is C26H27NO3. The van der Waals surface area contributed by atoms with Crippen molar-refractivity contribution in [3.63, 3.8) is 0 Å². The van der Waals surface area contributed by atoms with Gasteiger partial charge in [-0.25, -0.2) is 0 Å². The quantitative estimate of drug-likeness (QED) is 0.721. The minimum absolute atomic E-state index is 0.270. The Balaban J connectivity index is 1.48. The molecule has 0 spiro atoms. The van der Waals surface area contributed by atoms with E-state index in [4.69, 9.17) is 5.73 Å². The summed E-state index contributed by atoms with van der Waals surface area (Å²) >= 11 is 0. The topological polar surface area (TPSA) is 80.4 Å². The van der Waals surface area contributed by atoms with E-state index in [2.05, 4.69) is 13.0 Å². The van der Waals surface area contributed by atoms with Crippen LogP contribution in [-0.4, -0.2) is 16.8 Å². The third-order valence-electron chi connectivity index (χ3n) is 7.86. The Morgan fingerprint density at radius 2 is 2.03 bits per heavy atom. The number of hydrogen-bond acceptors (Lipinski definition) is 3. The highest BCUT2D eigenvalue weighted by Gasteiger charge is 2.56. The second-order valence-corrected chi connectivity index (χ2v) is 9.45. The standard InChI is InChI=1S/C26H27NO3/c1-26-10-9-21-20-8-6-19(28)13-16(20)5-7-22(21)23(26)14-18(24(26)29)12-15-3-2-4-17(11-15)25(27)30/h2-4,6,8,11-13,21-23,28H,5,7,9-10,14H2,1H3,(H2,27,30)/b18-12+/t21-,22-,23+,26-/m1/s1. The molecule has 4 atom stereocenters. The zero-order chi connectivity index (χ0) is 21.0. The number of carbonyl (C=O) groups excluding carboxylic acids is 2. The SMILES string of the molecule is C[C@@]12CC[C@@H]3c4ccc(O)cc4CC[C@H]3[C@@H]1C/C(=C\c1cccc(C(N)=O)c1)C2=O. The number of nitrogens with two attached hydrogens (primary N) is 1. The van der Waals surface area contributed by atoms with Gasteiger partial charge in [-0.1, -0.05) is 25.1 Å². The van der Waals surface area contributed by atoms with Crippen LogP contribution in [0.1, 0.15) is 65.6 Å². The van der Waals surface area contributed by atoms with E-state index < -0.39 is 5.91 Å². The Hall–Kier alpha value is -2.88. The van der Waals surface area contributed by atoms with Gasteiger partial charge in [-0.2, -0.15) is 0 Å². The Labute approximate surface area is 176 Å². The smallest absolute Gasteiger partial charge is 0.248 e. The van der Waals surface area contributed by atoms with Crippen molar-refractivity contribution in [2.24, 2.45) is 23.0 Å². The number of allylic oxidation sites excluding steroid dienone is 1. The molecular weight excluding hydrogens is 374 g/mol. The molecule has 2 aromatic carbocycles. The van der Waals surface area contributed by atoms with Crippen LogP contribution in [0.25, 0.3) is 6.08 Å². The van der Waals surface area contributed by atoms with Gasteiger partial charge in [0.25, 0.3) is 0 Å². The number of aromatic hydroxyl groups is 1. The minimum Gasteiger partial charge on any atom is -0.508 e. The highest BCUT2D eigenvalue weighted by molar-refractivity contribution is 6.06. The van der Waals surface area contributed by atoms with Crippen LogP contribution in [0.15, 0.2) is 48.0 Å². The fourth-order valence-electron chi connectivity index (χ4n) is 6.35. The van der Waals surface area contributed by atoms with Crippen LogP contribution in [0.5, 0.6) is 5.75 Å². The maximum atomic E-state index is 13.5. The van der Waals surface area contributed by atoms with E-state index in [0.29, 0.717) is 29.1 Å². The van der Waals surface area contributed by atoms with E-state index in [-0.39, 0.29) is 11.2 Å². The summed E-state index contributed by atoms with van der Waals surface area (Å²) in [7, 11) is 0. The Kier molecular flexibility index (Phi) is 4.35. The van der Waals surface area contributed by atoms with Gasteiger partial charge in [0.2, 0.25) is 5.91 Å². The van der Waals surface area contributed by atoms with Gasteiger partial charge in [-0.05, 0) is 102 Å². The molecule has 0 bridgehead atoms. The summed E-state index contributed by atoms with van der Waals surface area (Å²) in [6.45, 7) is 2.16. The molecule has 4 nitrogen and oxygen atoms in total. The molecule has 154 valence electrons. The van der Waals surface area contributed by atoms with Crippen molar-refractivity contribution < 1.29 is 14.7 Å². The summed E-state index contributed by atoms with van der Waals surface area (Å²) in [5.74, 6) is 1.46. The summed E-state index contributed by atoms with van der Waals surface area (Å²) in [5, 5.41) is 9.86. The first-order valence-corrected chi connectivity index (χ1v) is 10.8. The summed E-state index contributed by atoms with van der Waals surface area (Å²) in [5.41, 5.74) is 9.94. The summed E-state index contributed by atoms with van der Waals surface area (Å²) in [6.07, 6.45) is 6.71. The molecule has 2 fully saturated rings. The van der Waals surface area contributed by atoms with E-state index in [1.165, 1.54) is 11.1 Å². The van der Waals surface area contributed by atoms with Gasteiger partial charge in [-0.15, -0.1) is 0 Å². The van der Waals surface area contributed by atoms with Gasteiger partial charge in [0.15, 0.2) is 5.78 Å². The van der Waals surface area contributed by atoms with Crippen LogP contribution < -0.4 is 5.73 Å². The maximum absolute atomic E-state index is 13.5. The van der Waals surface area contributed by atoms with Crippen LogP contribution in [0, 0.1) is 17.3 Å². The fourth-order valence-corrected chi connectivity index (χ4v) is 6.35. The van der Waals surface area contributed by atoms with Crippen molar-refractivity contribution >= 4 is 17.8 Å². The third-order valence-corrected chi connectivity index (χ3v) is 7.86. The van der Waals surface area contributed by atoms with Crippen LogP contribution in [0.2, 0.25) is 0 Å². The molecule has 0 aliphatic heterocycles. The molecule has 2 saturated carbocycles. The lowest BCUT2D eigenvalue weighted by atomic mass is 9.55. The van der Waals surface area contributed by atoms with Crippen LogP contribution in [-0.2, 0) is 11.2 Å². The molecule has 0 aromatic heterocycles. The van der Waals surface area contributed by atoms with Gasteiger partial charge in [0.1, 0.15) is 5.75 Å². The molecule has 4 heteroatoms. The fraction of sp³-hybridized carbons (Fsp3) is 0.385. The van der Waals surface area contributed by atoms with Gasteiger partial charge in [0.05, 0.1) is 0 Å². The third kappa shape index (κ3) is 2.89. The first-order valence-electron chi connectivity index (χ1n) is 10.8. The lowest BCUT2D eigenvalue weighted by Gasteiger charge is -2.48. The van der Waals surface area contributed by atoms with Gasteiger partial charge < -0.3 is 10.8 Å². The molecule has 3 aliphatic rings. The first-order chi connectivity index (χ1) is 14.4. The van der Waals surface area contributed by atoms with E-state index in [0.717, 1.165) is 43.2 Å². The number of fused-ring (bicyclic) bond motifs is 5. The molecule has 2 aromatic rings.